The van der Waals surface area contributed by atoms with Crippen molar-refractivity contribution in [2.24, 2.45) is 10.3 Å². The molecule has 0 atom stereocenters. The Bertz CT molecular complexity index is 502. The molecular formula is C12H13Cl2N3O2. The highest BCUT2D eigenvalue weighted by Gasteiger charge is 2.11. The van der Waals surface area contributed by atoms with Crippen molar-refractivity contribution in [3.63, 3.8) is 0 Å². The Morgan fingerprint density at radius 2 is 1.53 bits per heavy atom. The van der Waals surface area contributed by atoms with Crippen LogP contribution in [0, 0.1) is 0 Å². The van der Waals surface area contributed by atoms with Crippen LogP contribution in [0.3, 0.4) is 0 Å². The summed E-state index contributed by atoms with van der Waals surface area (Å²) in [5, 5.41) is 22.4. The van der Waals surface area contributed by atoms with Gasteiger partial charge in [-0.05, 0) is 23.8 Å². The van der Waals surface area contributed by atoms with Crippen LogP contribution in [0.5, 0.6) is 0 Å². The normalized spacial score (nSPS) is 12.2. The molecule has 1 aromatic carbocycles. The lowest BCUT2D eigenvalue weighted by molar-refractivity contribution is 0.319. The van der Waals surface area contributed by atoms with Crippen LogP contribution in [0.4, 0.5) is 5.69 Å². The van der Waals surface area contributed by atoms with E-state index in [4.69, 9.17) is 33.6 Å². The minimum Gasteiger partial charge on any atom is -0.410 e. The Hall–Kier alpha value is -1.72. The monoisotopic (exact) mass is 301 g/mol. The second kappa shape index (κ2) is 7.01. The van der Waals surface area contributed by atoms with E-state index in [1.807, 2.05) is 43.3 Å². The predicted molar refractivity (Wildman–Crippen MR) is 78.9 cm³/mol. The fourth-order valence-corrected chi connectivity index (χ4v) is 1.68. The summed E-state index contributed by atoms with van der Waals surface area (Å²) >= 11 is 11.4. The third kappa shape index (κ3) is 4.15. The van der Waals surface area contributed by atoms with Crippen LogP contribution in [0.15, 0.2) is 40.1 Å². The van der Waals surface area contributed by atoms with E-state index < -0.39 is 0 Å². The van der Waals surface area contributed by atoms with Crippen LogP contribution in [0.25, 0.3) is 6.08 Å². The number of oxime groups is 2. The summed E-state index contributed by atoms with van der Waals surface area (Å²) in [5.74, 6) is 0. The second-order valence-corrected chi connectivity index (χ2v) is 4.54. The van der Waals surface area contributed by atoms with Crippen molar-refractivity contribution in [1.29, 1.82) is 0 Å². The van der Waals surface area contributed by atoms with Crippen molar-refractivity contribution in [2.75, 3.05) is 19.0 Å². The van der Waals surface area contributed by atoms with Gasteiger partial charge in [0.2, 0.25) is 0 Å². The zero-order chi connectivity index (χ0) is 14.4. The number of hydrogen-bond acceptors (Lipinski definition) is 5. The molecule has 1 aromatic rings. The number of anilines is 1. The molecular weight excluding hydrogens is 289 g/mol. The van der Waals surface area contributed by atoms with Gasteiger partial charge in [0, 0.05) is 19.8 Å². The molecule has 19 heavy (non-hydrogen) atoms. The van der Waals surface area contributed by atoms with E-state index in [0.29, 0.717) is 0 Å². The first-order chi connectivity index (χ1) is 8.99. The first-order valence-corrected chi connectivity index (χ1v) is 6.00. The molecule has 0 bridgehead atoms. The molecule has 0 saturated carbocycles. The summed E-state index contributed by atoms with van der Waals surface area (Å²) in [7, 11) is 3.86. The maximum atomic E-state index is 8.66. The van der Waals surface area contributed by atoms with Crippen LogP contribution in [-0.2, 0) is 0 Å². The minimum atomic E-state index is -0.264. The first-order valence-electron chi connectivity index (χ1n) is 5.24. The van der Waals surface area contributed by atoms with Crippen LogP contribution in [0.1, 0.15) is 5.56 Å². The Labute approximate surface area is 121 Å². The van der Waals surface area contributed by atoms with Gasteiger partial charge in [-0.2, -0.15) is 0 Å². The summed E-state index contributed by atoms with van der Waals surface area (Å²) in [4.78, 5) is 1.96. The largest absolute Gasteiger partial charge is 0.410 e. The molecule has 0 radical (unpaired) electrons. The van der Waals surface area contributed by atoms with Gasteiger partial charge in [-0.25, -0.2) is 0 Å². The van der Waals surface area contributed by atoms with E-state index >= 15 is 0 Å². The molecule has 5 nitrogen and oxygen atoms in total. The van der Waals surface area contributed by atoms with Gasteiger partial charge in [-0.15, -0.1) is 0 Å². The molecule has 2 N–H and O–H groups in total. The average molecular weight is 302 g/mol. The standard InChI is InChI=1S/C12H13Cl2N3O2/c1-17(2)9-5-3-8(4-6-9)7-10(11(13)15-18)12(14)16-19/h3-7,18-19H,1-2H3/b15-11-,16-12-. The Kier molecular flexibility index (Phi) is 5.66. The number of benzene rings is 1. The molecule has 0 saturated heterocycles. The minimum absolute atomic E-state index is 0.117. The molecule has 0 unspecified atom stereocenters. The highest BCUT2D eigenvalue weighted by Crippen LogP contribution is 2.17. The molecule has 0 amide bonds. The number of allylic oxidation sites excluding steroid dienone is 1. The summed E-state index contributed by atoms with van der Waals surface area (Å²) < 4.78 is 0. The molecule has 0 fully saturated rings. The second-order valence-electron chi connectivity index (χ2n) is 3.83. The highest BCUT2D eigenvalue weighted by atomic mass is 35.5. The van der Waals surface area contributed by atoms with Gasteiger partial charge in [-0.1, -0.05) is 45.6 Å². The first kappa shape index (κ1) is 15.3. The van der Waals surface area contributed by atoms with Gasteiger partial charge in [0.15, 0.2) is 10.3 Å². The zero-order valence-electron chi connectivity index (χ0n) is 10.4. The Balaban J connectivity index is 3.16. The molecule has 7 heteroatoms. The summed E-state index contributed by atoms with van der Waals surface area (Å²) in [6.45, 7) is 0. The molecule has 102 valence electrons. The predicted octanol–water partition coefficient (Wildman–Crippen LogP) is 3.19. The number of halogens is 2. The lowest BCUT2D eigenvalue weighted by Gasteiger charge is -2.12. The Morgan fingerprint density at radius 1 is 1.05 bits per heavy atom. The fourth-order valence-electron chi connectivity index (χ4n) is 1.35. The van der Waals surface area contributed by atoms with E-state index in [1.165, 1.54) is 0 Å². The molecule has 0 aliphatic heterocycles. The maximum Gasteiger partial charge on any atom is 0.178 e. The SMILES string of the molecule is CN(C)c1ccc(C=C(/C(Cl)=N/O)/C(Cl)=N/O)cc1. The van der Waals surface area contributed by atoms with E-state index in [1.54, 1.807) is 6.08 Å². The number of nitrogens with zero attached hydrogens (tertiary/aromatic N) is 3. The molecule has 0 heterocycles. The van der Waals surface area contributed by atoms with E-state index in [0.717, 1.165) is 11.3 Å². The van der Waals surface area contributed by atoms with Gasteiger partial charge in [0.1, 0.15) is 0 Å². The zero-order valence-corrected chi connectivity index (χ0v) is 11.9. The van der Waals surface area contributed by atoms with Crippen LogP contribution in [-0.4, -0.2) is 34.9 Å². The summed E-state index contributed by atoms with van der Waals surface area (Å²) in [6, 6.07) is 7.46. The summed E-state index contributed by atoms with van der Waals surface area (Å²) in [5.41, 5.74) is 1.91. The quantitative estimate of drug-likeness (QED) is 0.510. The maximum absolute atomic E-state index is 8.66. The molecule has 0 spiro atoms. The topological polar surface area (TPSA) is 68.4 Å². The van der Waals surface area contributed by atoms with Crippen LogP contribution >= 0.6 is 23.2 Å². The van der Waals surface area contributed by atoms with Gasteiger partial charge in [0.05, 0.1) is 5.57 Å². The smallest absolute Gasteiger partial charge is 0.178 e. The fraction of sp³-hybridized carbons (Fsp3) is 0.167. The third-order valence-corrected chi connectivity index (χ3v) is 2.90. The van der Waals surface area contributed by atoms with Crippen LogP contribution < -0.4 is 4.90 Å². The van der Waals surface area contributed by atoms with Crippen molar-refractivity contribution in [3.05, 3.63) is 35.4 Å². The van der Waals surface area contributed by atoms with Crippen molar-refractivity contribution < 1.29 is 10.4 Å². The molecule has 1 rings (SSSR count). The van der Waals surface area contributed by atoms with E-state index in [-0.39, 0.29) is 15.9 Å². The van der Waals surface area contributed by atoms with Gasteiger partial charge in [-0.3, -0.25) is 0 Å². The lowest BCUT2D eigenvalue weighted by atomic mass is 10.1. The summed E-state index contributed by atoms with van der Waals surface area (Å²) in [6.07, 6.45) is 1.55. The van der Waals surface area contributed by atoms with Gasteiger partial charge < -0.3 is 15.3 Å². The van der Waals surface area contributed by atoms with Gasteiger partial charge in [0.25, 0.3) is 0 Å². The van der Waals surface area contributed by atoms with Crippen molar-refractivity contribution in [3.8, 4) is 0 Å². The molecule has 0 aliphatic carbocycles. The van der Waals surface area contributed by atoms with Crippen molar-refractivity contribution in [2.45, 2.75) is 0 Å². The third-order valence-electron chi connectivity index (χ3n) is 2.34. The van der Waals surface area contributed by atoms with E-state index in [2.05, 4.69) is 10.3 Å². The number of hydrogen-bond donors (Lipinski definition) is 2. The Morgan fingerprint density at radius 3 is 1.89 bits per heavy atom. The van der Waals surface area contributed by atoms with Crippen molar-refractivity contribution in [1.82, 2.24) is 0 Å². The number of rotatable bonds is 4. The lowest BCUT2D eigenvalue weighted by Crippen LogP contribution is -2.08. The van der Waals surface area contributed by atoms with E-state index in [9.17, 15) is 0 Å². The average Bonchev–Trinajstić information content (AvgIpc) is 2.43. The molecule has 0 aromatic heterocycles. The van der Waals surface area contributed by atoms with Crippen LogP contribution in [0.2, 0.25) is 0 Å². The highest BCUT2D eigenvalue weighted by molar-refractivity contribution is 6.82. The van der Waals surface area contributed by atoms with Crippen molar-refractivity contribution >= 4 is 45.3 Å². The molecule has 0 aliphatic rings. The van der Waals surface area contributed by atoms with Gasteiger partial charge >= 0.3 is 0 Å².